The highest BCUT2D eigenvalue weighted by molar-refractivity contribution is 9.10. The number of aromatic nitrogens is 1. The van der Waals surface area contributed by atoms with Crippen molar-refractivity contribution >= 4 is 21.7 Å². The second kappa shape index (κ2) is 7.87. The number of rotatable bonds is 5. The highest BCUT2D eigenvalue weighted by atomic mass is 79.9. The van der Waals surface area contributed by atoms with E-state index in [0.29, 0.717) is 11.1 Å². The van der Waals surface area contributed by atoms with E-state index in [9.17, 15) is 13.6 Å². The third-order valence-corrected chi connectivity index (χ3v) is 4.61. The lowest BCUT2D eigenvalue weighted by Crippen LogP contribution is -2.17. The SMILES string of the molecule is Cc1cc(CC(=O)C(c2ccc(Br)cc2)c2cc(F)cc(F)c2)ccn1. The second-order valence-corrected chi connectivity index (χ2v) is 7.05. The maximum atomic E-state index is 13.7. The van der Waals surface area contributed by atoms with Gasteiger partial charge in [0.25, 0.3) is 0 Å². The lowest BCUT2D eigenvalue weighted by Gasteiger charge is -2.18. The van der Waals surface area contributed by atoms with Gasteiger partial charge in [0, 0.05) is 28.9 Å². The van der Waals surface area contributed by atoms with Gasteiger partial charge in [-0.1, -0.05) is 28.1 Å². The number of carbonyl (C=O) groups excluding carboxylic acids is 1. The van der Waals surface area contributed by atoms with Gasteiger partial charge in [0.2, 0.25) is 0 Å². The molecule has 0 bridgehead atoms. The second-order valence-electron chi connectivity index (χ2n) is 6.14. The van der Waals surface area contributed by atoms with E-state index in [-0.39, 0.29) is 12.2 Å². The van der Waals surface area contributed by atoms with Crippen LogP contribution in [0, 0.1) is 18.6 Å². The maximum absolute atomic E-state index is 13.7. The number of pyridine rings is 1. The summed E-state index contributed by atoms with van der Waals surface area (Å²) in [6, 6.07) is 14.0. The quantitative estimate of drug-likeness (QED) is 0.560. The first kappa shape index (κ1) is 18.4. The van der Waals surface area contributed by atoms with E-state index in [0.717, 1.165) is 21.8 Å². The molecule has 2 aromatic carbocycles. The fraction of sp³-hybridized carbons (Fsp3) is 0.143. The Labute approximate surface area is 159 Å². The lowest BCUT2D eigenvalue weighted by atomic mass is 9.85. The fourth-order valence-corrected chi connectivity index (χ4v) is 3.24. The number of ketones is 1. The molecule has 0 N–H and O–H groups in total. The monoisotopic (exact) mass is 415 g/mol. The van der Waals surface area contributed by atoms with Crippen molar-refractivity contribution in [2.24, 2.45) is 0 Å². The Morgan fingerprint density at radius 2 is 1.65 bits per heavy atom. The van der Waals surface area contributed by atoms with Gasteiger partial charge in [0.15, 0.2) is 0 Å². The Morgan fingerprint density at radius 3 is 2.27 bits per heavy atom. The average molecular weight is 416 g/mol. The Hall–Kier alpha value is -2.40. The molecule has 1 aromatic heterocycles. The zero-order valence-electron chi connectivity index (χ0n) is 14.0. The van der Waals surface area contributed by atoms with Gasteiger partial charge >= 0.3 is 0 Å². The van der Waals surface area contributed by atoms with Crippen molar-refractivity contribution in [3.63, 3.8) is 0 Å². The lowest BCUT2D eigenvalue weighted by molar-refractivity contribution is -0.119. The van der Waals surface area contributed by atoms with Gasteiger partial charge in [-0.2, -0.15) is 0 Å². The van der Waals surface area contributed by atoms with E-state index < -0.39 is 17.6 Å². The van der Waals surface area contributed by atoms with Gasteiger partial charge in [0.1, 0.15) is 17.4 Å². The molecule has 5 heteroatoms. The third kappa shape index (κ3) is 4.41. The van der Waals surface area contributed by atoms with E-state index in [1.54, 1.807) is 24.4 Å². The Kier molecular flexibility index (Phi) is 5.57. The number of halogens is 3. The molecule has 0 fully saturated rings. The van der Waals surface area contributed by atoms with Crippen LogP contribution in [-0.2, 0) is 11.2 Å². The Morgan fingerprint density at radius 1 is 1.00 bits per heavy atom. The molecule has 1 unspecified atom stereocenters. The molecule has 0 saturated carbocycles. The molecule has 26 heavy (non-hydrogen) atoms. The standard InChI is InChI=1S/C21H16BrF2NO/c1-13-8-14(6-7-25-13)9-20(26)21(15-2-4-17(22)5-3-15)16-10-18(23)12-19(24)11-16/h2-8,10-12,21H,9H2,1H3. The Balaban J connectivity index is 2.02. The number of hydrogen-bond acceptors (Lipinski definition) is 2. The van der Waals surface area contributed by atoms with Gasteiger partial charge in [-0.15, -0.1) is 0 Å². The highest BCUT2D eigenvalue weighted by Gasteiger charge is 2.24. The summed E-state index contributed by atoms with van der Waals surface area (Å²) in [5.74, 6) is -2.28. The van der Waals surface area contributed by atoms with Crippen LogP contribution in [0.3, 0.4) is 0 Å². The molecule has 0 spiro atoms. The number of benzene rings is 2. The van der Waals surface area contributed by atoms with Crippen LogP contribution in [0.4, 0.5) is 8.78 Å². The van der Waals surface area contributed by atoms with Crippen molar-refractivity contribution < 1.29 is 13.6 Å². The summed E-state index contributed by atoms with van der Waals surface area (Å²) in [6.07, 6.45) is 1.80. The van der Waals surface area contributed by atoms with Crippen molar-refractivity contribution in [1.29, 1.82) is 0 Å². The molecule has 0 radical (unpaired) electrons. The van der Waals surface area contributed by atoms with Gasteiger partial charge in [-0.05, 0) is 60.0 Å². The van der Waals surface area contributed by atoms with Crippen molar-refractivity contribution in [2.75, 3.05) is 0 Å². The minimum Gasteiger partial charge on any atom is -0.298 e. The summed E-state index contributed by atoms with van der Waals surface area (Å²) in [7, 11) is 0. The molecule has 0 aliphatic rings. The zero-order chi connectivity index (χ0) is 18.7. The van der Waals surface area contributed by atoms with Crippen LogP contribution >= 0.6 is 15.9 Å². The van der Waals surface area contributed by atoms with Gasteiger partial charge in [0.05, 0.1) is 5.92 Å². The molecule has 3 rings (SSSR count). The summed E-state index contributed by atoms with van der Waals surface area (Å²) in [5.41, 5.74) is 2.63. The molecule has 2 nitrogen and oxygen atoms in total. The van der Waals surface area contributed by atoms with Crippen molar-refractivity contribution in [3.05, 3.63) is 99.3 Å². The van der Waals surface area contributed by atoms with Crippen LogP contribution in [0.15, 0.2) is 65.3 Å². The molecule has 1 atom stereocenters. The minimum absolute atomic E-state index is 0.136. The molecule has 0 aliphatic carbocycles. The van der Waals surface area contributed by atoms with E-state index in [4.69, 9.17) is 0 Å². The molecular formula is C21H16BrF2NO. The first-order valence-corrected chi connectivity index (χ1v) is 8.87. The molecule has 0 aliphatic heterocycles. The predicted octanol–water partition coefficient (Wildman–Crippen LogP) is 5.37. The van der Waals surface area contributed by atoms with Crippen molar-refractivity contribution in [2.45, 2.75) is 19.3 Å². The number of hydrogen-bond donors (Lipinski definition) is 0. The molecule has 0 amide bonds. The summed E-state index contributed by atoms with van der Waals surface area (Å²) in [6.45, 7) is 1.85. The normalized spacial score (nSPS) is 12.0. The maximum Gasteiger partial charge on any atom is 0.149 e. The Bertz CT molecular complexity index is 921. The number of carbonyl (C=O) groups is 1. The van der Waals surface area contributed by atoms with Crippen molar-refractivity contribution in [1.82, 2.24) is 4.98 Å². The van der Waals surface area contributed by atoms with Crippen LogP contribution in [0.1, 0.15) is 28.3 Å². The highest BCUT2D eigenvalue weighted by Crippen LogP contribution is 2.29. The number of nitrogens with zero attached hydrogens (tertiary/aromatic N) is 1. The van der Waals surface area contributed by atoms with Crippen LogP contribution in [0.5, 0.6) is 0 Å². The molecular weight excluding hydrogens is 400 g/mol. The molecule has 0 saturated heterocycles. The van der Waals surface area contributed by atoms with Gasteiger partial charge in [-0.25, -0.2) is 8.78 Å². The molecule has 132 valence electrons. The first-order valence-electron chi connectivity index (χ1n) is 8.08. The largest absolute Gasteiger partial charge is 0.298 e. The fourth-order valence-electron chi connectivity index (χ4n) is 2.98. The van der Waals surface area contributed by atoms with E-state index in [1.165, 1.54) is 12.1 Å². The summed E-state index contributed by atoms with van der Waals surface area (Å²) < 4.78 is 28.4. The van der Waals surface area contributed by atoms with E-state index in [2.05, 4.69) is 20.9 Å². The zero-order valence-corrected chi connectivity index (χ0v) is 15.6. The number of Topliss-reactive ketones (excluding diaryl/α,β-unsaturated/α-hetero) is 1. The van der Waals surface area contributed by atoms with Gasteiger partial charge in [-0.3, -0.25) is 9.78 Å². The van der Waals surface area contributed by atoms with Crippen LogP contribution in [-0.4, -0.2) is 10.8 Å². The van der Waals surface area contributed by atoms with Gasteiger partial charge < -0.3 is 0 Å². The topological polar surface area (TPSA) is 30.0 Å². The minimum atomic E-state index is -0.748. The first-order chi connectivity index (χ1) is 12.4. The third-order valence-electron chi connectivity index (χ3n) is 4.08. The summed E-state index contributed by atoms with van der Waals surface area (Å²) in [4.78, 5) is 17.2. The average Bonchev–Trinajstić information content (AvgIpc) is 2.56. The van der Waals surface area contributed by atoms with Crippen LogP contribution in [0.2, 0.25) is 0 Å². The summed E-state index contributed by atoms with van der Waals surface area (Å²) >= 11 is 3.36. The summed E-state index contributed by atoms with van der Waals surface area (Å²) in [5, 5.41) is 0. The smallest absolute Gasteiger partial charge is 0.149 e. The predicted molar refractivity (Wildman–Crippen MR) is 100 cm³/mol. The van der Waals surface area contributed by atoms with E-state index in [1.807, 2.05) is 25.1 Å². The van der Waals surface area contributed by atoms with E-state index >= 15 is 0 Å². The molecule has 1 heterocycles. The van der Waals surface area contributed by atoms with Crippen molar-refractivity contribution in [3.8, 4) is 0 Å². The van der Waals surface area contributed by atoms with Crippen LogP contribution in [0.25, 0.3) is 0 Å². The molecule has 3 aromatic rings. The van der Waals surface area contributed by atoms with Crippen LogP contribution < -0.4 is 0 Å². The number of aryl methyl sites for hydroxylation is 1.